The molecule has 3 aromatic rings. The van der Waals surface area contributed by atoms with E-state index in [0.29, 0.717) is 62.0 Å². The molecule has 326 valence electrons. The molecule has 3 fully saturated rings. The lowest BCUT2D eigenvalue weighted by Gasteiger charge is -2.39. The number of thiol groups is 1. The van der Waals surface area contributed by atoms with E-state index in [2.05, 4.69) is 33.5 Å². The van der Waals surface area contributed by atoms with Crippen LogP contribution in [0.5, 0.6) is 5.75 Å². The van der Waals surface area contributed by atoms with Crippen molar-refractivity contribution in [1.29, 1.82) is 5.26 Å². The van der Waals surface area contributed by atoms with Crippen molar-refractivity contribution >= 4 is 70.6 Å². The fraction of sp³-hybridized carbons (Fsp3) is 0.439. The Balaban J connectivity index is 1.05. The van der Waals surface area contributed by atoms with Gasteiger partial charge in [0.25, 0.3) is 11.8 Å². The van der Waals surface area contributed by atoms with E-state index in [4.69, 9.17) is 16.3 Å². The topological polar surface area (TPSA) is 150 Å². The summed E-state index contributed by atoms with van der Waals surface area (Å²) in [5, 5.41) is 17.8. The molecule has 13 nitrogen and oxygen atoms in total. The molecule has 6 rings (SSSR count). The maximum atomic E-state index is 15.2. The number of imide groups is 1. The van der Waals surface area contributed by atoms with E-state index in [1.165, 1.54) is 49.1 Å². The first-order chi connectivity index (χ1) is 28.6. The lowest BCUT2D eigenvalue weighted by Crippen LogP contribution is -2.54. The molecular formula is C41H44ClF5N8O5S. The van der Waals surface area contributed by atoms with Gasteiger partial charge in [-0.1, -0.05) is 11.6 Å². The Bertz CT molecular complexity index is 2250. The summed E-state index contributed by atoms with van der Waals surface area (Å²) in [6.07, 6.45) is -4.35. The number of alkyl halides is 5. The number of nitrogens with zero attached hydrogens (tertiary/aromatic N) is 5. The number of nitriles is 1. The summed E-state index contributed by atoms with van der Waals surface area (Å²) in [5.74, 6) is -5.17. The average Bonchev–Trinajstić information content (AvgIpc) is 3.34. The van der Waals surface area contributed by atoms with Crippen molar-refractivity contribution in [3.63, 3.8) is 0 Å². The van der Waals surface area contributed by atoms with Crippen LogP contribution >= 0.6 is 24.2 Å². The molecule has 20 heteroatoms. The number of carbonyl (C=O) groups excluding carboxylic acids is 4. The van der Waals surface area contributed by atoms with Gasteiger partial charge in [0.15, 0.2) is 5.50 Å². The zero-order chi connectivity index (χ0) is 44.6. The maximum Gasteiger partial charge on any atom is 0.417 e. The van der Waals surface area contributed by atoms with E-state index < -0.39 is 57.7 Å². The Morgan fingerprint density at radius 1 is 1.02 bits per heavy atom. The smallest absolute Gasteiger partial charge is 0.417 e. The molecule has 3 atom stereocenters. The van der Waals surface area contributed by atoms with Crippen LogP contribution in [0.4, 0.5) is 44.7 Å². The van der Waals surface area contributed by atoms with Gasteiger partial charge >= 0.3 is 6.18 Å². The van der Waals surface area contributed by atoms with Crippen molar-refractivity contribution < 1.29 is 45.9 Å². The van der Waals surface area contributed by atoms with Crippen LogP contribution in [0.15, 0.2) is 54.6 Å². The van der Waals surface area contributed by atoms with E-state index in [0.717, 1.165) is 11.0 Å². The number of amides is 4. The molecule has 4 amide bonds. The van der Waals surface area contributed by atoms with Crippen LogP contribution in [0.1, 0.15) is 57.2 Å². The number of rotatable bonds is 12. The van der Waals surface area contributed by atoms with Gasteiger partial charge in [0.05, 0.1) is 29.3 Å². The molecule has 61 heavy (non-hydrogen) atoms. The van der Waals surface area contributed by atoms with Gasteiger partial charge in [0, 0.05) is 73.3 Å². The Kier molecular flexibility index (Phi) is 13.1. The van der Waals surface area contributed by atoms with Gasteiger partial charge in [-0.2, -0.15) is 18.4 Å². The maximum absolute atomic E-state index is 15.2. The van der Waals surface area contributed by atoms with E-state index in [1.54, 1.807) is 18.2 Å². The number of benzene rings is 3. The van der Waals surface area contributed by atoms with Crippen molar-refractivity contribution in [2.45, 2.75) is 75.8 Å². The highest BCUT2D eigenvalue weighted by Crippen LogP contribution is 2.45. The molecule has 3 aliphatic rings. The number of halogens is 6. The largest absolute Gasteiger partial charge is 0.492 e. The molecule has 0 saturated carbocycles. The Hall–Kier alpha value is -5.16. The first-order valence-electron chi connectivity index (χ1n) is 19.3. The first-order valence-corrected chi connectivity index (χ1v) is 20.2. The SMILES string of the molecule is C[C@@H]1CN(CCOc2ccc(N3[C@@H](S)N(c4ccc(C#N)c(C(F)(F)F)c4)C(=O)C3(C)C)cc2C(C)(F)F)CCN1CC(=O)Nc1cc(Cl)cc(NC2CCC(=O)NC2=O)c1. The fourth-order valence-corrected chi connectivity index (χ4v) is 8.62. The number of ether oxygens (including phenoxy) is 1. The minimum atomic E-state index is -4.87. The highest BCUT2D eigenvalue weighted by molar-refractivity contribution is 7.81. The minimum absolute atomic E-state index is 0.0521. The van der Waals surface area contributed by atoms with Crippen LogP contribution in [-0.2, 0) is 31.3 Å². The number of hydrogen-bond acceptors (Lipinski definition) is 11. The molecule has 3 N–H and O–H groups in total. The molecule has 0 aromatic heterocycles. The van der Waals surface area contributed by atoms with Crippen molar-refractivity contribution in [1.82, 2.24) is 15.1 Å². The quantitative estimate of drug-likeness (QED) is 0.0911. The second-order valence-electron chi connectivity index (χ2n) is 15.8. The standard InChI is InChI=1S/C41H44ClF5N8O5S/c1-23-21-52(11-12-53(23)22-35(57)50-27-16-25(42)15-26(17-27)49-32-8-10-34(56)51-36(32)58)13-14-60-33-9-7-29(19-31(33)40(4,43)44)55-38(61)54(37(59)39(55,2)3)28-6-5-24(20-48)30(18-28)41(45,46)47/h5-7,9,15-19,23,32,38,49,61H,8,10-14,21-22H2,1-4H3,(H,50,57)(H,51,56,58)/t23-,32?,38+/m1/s1. The molecule has 1 unspecified atom stereocenters. The normalized spacial score (nSPS) is 21.3. The van der Waals surface area contributed by atoms with Gasteiger partial charge in [0.1, 0.15) is 23.9 Å². The van der Waals surface area contributed by atoms with Gasteiger partial charge in [-0.05, 0) is 81.8 Å². The first kappa shape index (κ1) is 45.4. The molecular weight excluding hydrogens is 847 g/mol. The second kappa shape index (κ2) is 17.7. The third-order valence-electron chi connectivity index (χ3n) is 10.9. The van der Waals surface area contributed by atoms with E-state index >= 15 is 8.78 Å². The van der Waals surface area contributed by atoms with Crippen molar-refractivity contribution in [2.24, 2.45) is 0 Å². The number of piperidine rings is 1. The van der Waals surface area contributed by atoms with E-state index in [1.807, 2.05) is 11.8 Å². The average molecular weight is 891 g/mol. The molecule has 3 aromatic carbocycles. The molecule has 3 aliphatic heterocycles. The van der Waals surface area contributed by atoms with Crippen molar-refractivity contribution in [3.05, 3.63) is 76.3 Å². The van der Waals surface area contributed by atoms with Crippen LogP contribution < -0.4 is 30.5 Å². The predicted octanol–water partition coefficient (Wildman–Crippen LogP) is 6.43. The summed E-state index contributed by atoms with van der Waals surface area (Å²) in [7, 11) is 0. The Morgan fingerprint density at radius 3 is 2.36 bits per heavy atom. The number of hydrogen-bond donors (Lipinski definition) is 4. The molecule has 3 saturated heterocycles. The lowest BCUT2D eigenvalue weighted by molar-refractivity contribution is -0.138. The number of carbonyl (C=O) groups is 4. The van der Waals surface area contributed by atoms with E-state index in [-0.39, 0.29) is 54.6 Å². The monoisotopic (exact) mass is 890 g/mol. The Morgan fingerprint density at radius 2 is 1.70 bits per heavy atom. The van der Waals surface area contributed by atoms with Crippen LogP contribution in [-0.4, -0.2) is 95.9 Å². The Labute approximate surface area is 359 Å². The summed E-state index contributed by atoms with van der Waals surface area (Å²) in [6.45, 7) is 7.87. The summed E-state index contributed by atoms with van der Waals surface area (Å²) in [5.41, 5.74) is -4.02. The molecule has 0 bridgehead atoms. The zero-order valence-electron chi connectivity index (χ0n) is 33.6. The predicted molar refractivity (Wildman–Crippen MR) is 222 cm³/mol. The van der Waals surface area contributed by atoms with Crippen LogP contribution in [0.3, 0.4) is 0 Å². The second-order valence-corrected chi connectivity index (χ2v) is 16.7. The highest BCUT2D eigenvalue weighted by Gasteiger charge is 2.52. The lowest BCUT2D eigenvalue weighted by atomic mass is 10.0. The molecule has 0 spiro atoms. The zero-order valence-corrected chi connectivity index (χ0v) is 35.2. The molecule has 0 aliphatic carbocycles. The number of nitrogens with one attached hydrogen (secondary N) is 3. The van der Waals surface area contributed by atoms with Gasteiger partial charge < -0.3 is 20.3 Å². The summed E-state index contributed by atoms with van der Waals surface area (Å²) < 4.78 is 77.7. The molecule has 3 heterocycles. The fourth-order valence-electron chi connectivity index (χ4n) is 7.72. The molecule has 0 radical (unpaired) electrons. The van der Waals surface area contributed by atoms with Crippen molar-refractivity contribution in [3.8, 4) is 11.8 Å². The van der Waals surface area contributed by atoms with Crippen LogP contribution in [0.25, 0.3) is 0 Å². The number of piperazine rings is 1. The van der Waals surface area contributed by atoms with E-state index in [9.17, 15) is 37.6 Å². The minimum Gasteiger partial charge on any atom is -0.492 e. The van der Waals surface area contributed by atoms with Gasteiger partial charge in [-0.25, -0.2) is 8.78 Å². The number of anilines is 4. The van der Waals surface area contributed by atoms with Crippen LogP contribution in [0, 0.1) is 11.3 Å². The third kappa shape index (κ3) is 10.1. The highest BCUT2D eigenvalue weighted by atomic mass is 35.5. The summed E-state index contributed by atoms with van der Waals surface area (Å²) >= 11 is 10.9. The summed E-state index contributed by atoms with van der Waals surface area (Å²) in [4.78, 5) is 57.0. The third-order valence-corrected chi connectivity index (χ3v) is 11.5. The summed E-state index contributed by atoms with van der Waals surface area (Å²) in [6, 6.07) is 12.6. The van der Waals surface area contributed by atoms with Crippen molar-refractivity contribution in [2.75, 3.05) is 59.8 Å². The van der Waals surface area contributed by atoms with Crippen LogP contribution in [0.2, 0.25) is 5.02 Å². The van der Waals surface area contributed by atoms with Gasteiger partial charge in [0.2, 0.25) is 17.7 Å². The van der Waals surface area contributed by atoms with Gasteiger partial charge in [-0.3, -0.25) is 39.2 Å². The van der Waals surface area contributed by atoms with Gasteiger partial charge in [-0.15, -0.1) is 12.6 Å².